The Morgan fingerprint density at radius 3 is 3.00 bits per heavy atom. The van der Waals surface area contributed by atoms with E-state index in [1.807, 2.05) is 6.20 Å². The minimum Gasteiger partial charge on any atom is -0.332 e. The Bertz CT molecular complexity index is 274. The predicted molar refractivity (Wildman–Crippen MR) is 57.4 cm³/mol. The third-order valence-corrected chi connectivity index (χ3v) is 2.92. The second kappa shape index (κ2) is 4.60. The van der Waals surface area contributed by atoms with Crippen LogP contribution < -0.4 is 5.32 Å². The fraction of sp³-hybridized carbons (Fsp3) is 0.727. The first-order chi connectivity index (χ1) is 6.92. The largest absolute Gasteiger partial charge is 0.332 e. The van der Waals surface area contributed by atoms with Crippen LogP contribution in [0.3, 0.4) is 0 Å². The van der Waals surface area contributed by atoms with E-state index < -0.39 is 0 Å². The molecule has 1 N–H and O–H groups in total. The minimum absolute atomic E-state index is 0.681. The molecule has 1 fully saturated rings. The molecule has 1 aromatic rings. The lowest BCUT2D eigenvalue weighted by Gasteiger charge is -2.25. The summed E-state index contributed by atoms with van der Waals surface area (Å²) in [5.74, 6) is 1.26. The summed E-state index contributed by atoms with van der Waals surface area (Å²) in [6.45, 7) is 4.50. The Hall–Kier alpha value is -0.830. The lowest BCUT2D eigenvalue weighted by atomic mass is 10.1. The highest BCUT2D eigenvalue weighted by Crippen LogP contribution is 2.20. The van der Waals surface area contributed by atoms with Crippen molar-refractivity contribution in [3.63, 3.8) is 0 Å². The number of imidazole rings is 1. The molecule has 1 aromatic heterocycles. The second-order valence-corrected chi connectivity index (χ2v) is 3.98. The van der Waals surface area contributed by atoms with Crippen molar-refractivity contribution in [1.29, 1.82) is 0 Å². The molecule has 0 unspecified atom stereocenters. The topological polar surface area (TPSA) is 29.9 Å². The lowest BCUT2D eigenvalue weighted by Crippen LogP contribution is -2.29. The Kier molecular flexibility index (Phi) is 3.19. The molecular formula is C11H19N3. The predicted octanol–water partition coefficient (Wildman–Crippen LogP) is 1.76. The molecule has 14 heavy (non-hydrogen) atoms. The maximum Gasteiger partial charge on any atom is 0.108 e. The molecule has 0 spiro atoms. The zero-order valence-electron chi connectivity index (χ0n) is 8.87. The number of nitrogens with one attached hydrogen (secondary N) is 1. The summed E-state index contributed by atoms with van der Waals surface area (Å²) in [5, 5.41) is 3.39. The normalized spacial score (nSPS) is 18.6. The van der Waals surface area contributed by atoms with Crippen LogP contribution in [0.1, 0.15) is 38.1 Å². The second-order valence-electron chi connectivity index (χ2n) is 3.98. The zero-order valence-corrected chi connectivity index (χ0v) is 8.87. The monoisotopic (exact) mass is 193 g/mol. The SMILES string of the molecule is CCCc1nccn1C1CCNCC1. The van der Waals surface area contributed by atoms with Crippen LogP contribution in [0.5, 0.6) is 0 Å². The first-order valence-electron chi connectivity index (χ1n) is 5.64. The van der Waals surface area contributed by atoms with Crippen molar-refractivity contribution in [3.05, 3.63) is 18.2 Å². The van der Waals surface area contributed by atoms with Gasteiger partial charge in [0, 0.05) is 24.9 Å². The van der Waals surface area contributed by atoms with Crippen LogP contribution >= 0.6 is 0 Å². The summed E-state index contributed by atoms with van der Waals surface area (Å²) in [4.78, 5) is 4.42. The van der Waals surface area contributed by atoms with Crippen molar-refractivity contribution >= 4 is 0 Å². The van der Waals surface area contributed by atoms with Crippen molar-refractivity contribution in [1.82, 2.24) is 14.9 Å². The van der Waals surface area contributed by atoms with Gasteiger partial charge in [0.2, 0.25) is 0 Å². The van der Waals surface area contributed by atoms with Gasteiger partial charge in [-0.05, 0) is 32.4 Å². The van der Waals surface area contributed by atoms with Crippen LogP contribution in [0.4, 0.5) is 0 Å². The summed E-state index contributed by atoms with van der Waals surface area (Å²) >= 11 is 0. The highest BCUT2D eigenvalue weighted by molar-refractivity contribution is 4.96. The molecule has 0 radical (unpaired) electrons. The fourth-order valence-electron chi connectivity index (χ4n) is 2.18. The number of hydrogen-bond acceptors (Lipinski definition) is 2. The molecule has 3 heteroatoms. The van der Waals surface area contributed by atoms with E-state index in [1.165, 1.54) is 25.1 Å². The molecule has 0 aromatic carbocycles. The van der Waals surface area contributed by atoms with E-state index in [2.05, 4.69) is 28.0 Å². The number of hydrogen-bond donors (Lipinski definition) is 1. The van der Waals surface area contributed by atoms with Crippen molar-refractivity contribution in [2.24, 2.45) is 0 Å². The molecule has 0 amide bonds. The smallest absolute Gasteiger partial charge is 0.108 e. The highest BCUT2D eigenvalue weighted by Gasteiger charge is 2.16. The van der Waals surface area contributed by atoms with Gasteiger partial charge in [-0.25, -0.2) is 4.98 Å². The van der Waals surface area contributed by atoms with E-state index in [4.69, 9.17) is 0 Å². The number of nitrogens with zero attached hydrogens (tertiary/aromatic N) is 2. The van der Waals surface area contributed by atoms with Crippen LogP contribution in [0.25, 0.3) is 0 Å². The summed E-state index contributed by atoms with van der Waals surface area (Å²) in [5.41, 5.74) is 0. The lowest BCUT2D eigenvalue weighted by molar-refractivity contribution is 0.359. The Morgan fingerprint density at radius 1 is 1.50 bits per heavy atom. The van der Waals surface area contributed by atoms with E-state index in [0.717, 1.165) is 19.5 Å². The molecule has 1 saturated heterocycles. The molecule has 0 atom stereocenters. The number of piperidine rings is 1. The first kappa shape index (κ1) is 9.71. The van der Waals surface area contributed by atoms with Gasteiger partial charge in [0.1, 0.15) is 5.82 Å². The van der Waals surface area contributed by atoms with Crippen molar-refractivity contribution in [3.8, 4) is 0 Å². The summed E-state index contributed by atoms with van der Waals surface area (Å²) < 4.78 is 2.38. The highest BCUT2D eigenvalue weighted by atomic mass is 15.1. The fourth-order valence-corrected chi connectivity index (χ4v) is 2.18. The summed E-state index contributed by atoms with van der Waals surface area (Å²) in [6.07, 6.45) is 8.85. The summed E-state index contributed by atoms with van der Waals surface area (Å²) in [7, 11) is 0. The molecule has 0 aliphatic carbocycles. The van der Waals surface area contributed by atoms with Crippen molar-refractivity contribution in [2.75, 3.05) is 13.1 Å². The van der Waals surface area contributed by atoms with Crippen LogP contribution in [0.15, 0.2) is 12.4 Å². The molecule has 2 heterocycles. The van der Waals surface area contributed by atoms with E-state index in [-0.39, 0.29) is 0 Å². The standard InChI is InChI=1S/C11H19N3/c1-2-3-11-13-8-9-14(11)10-4-6-12-7-5-10/h8-10,12H,2-7H2,1H3. The number of aromatic nitrogens is 2. The van der Waals surface area contributed by atoms with Gasteiger partial charge in [0.15, 0.2) is 0 Å². The maximum atomic E-state index is 4.42. The molecule has 1 aliphatic rings. The van der Waals surface area contributed by atoms with Crippen molar-refractivity contribution in [2.45, 2.75) is 38.6 Å². The maximum absolute atomic E-state index is 4.42. The van der Waals surface area contributed by atoms with Crippen LogP contribution in [0.2, 0.25) is 0 Å². The Balaban J connectivity index is 2.09. The van der Waals surface area contributed by atoms with E-state index in [0.29, 0.717) is 6.04 Å². The van der Waals surface area contributed by atoms with Gasteiger partial charge in [-0.2, -0.15) is 0 Å². The Morgan fingerprint density at radius 2 is 2.29 bits per heavy atom. The van der Waals surface area contributed by atoms with Gasteiger partial charge in [0.05, 0.1) is 0 Å². The van der Waals surface area contributed by atoms with Gasteiger partial charge < -0.3 is 9.88 Å². The van der Waals surface area contributed by atoms with Gasteiger partial charge in [0.25, 0.3) is 0 Å². The van der Waals surface area contributed by atoms with Crippen LogP contribution in [-0.4, -0.2) is 22.6 Å². The molecule has 3 nitrogen and oxygen atoms in total. The van der Waals surface area contributed by atoms with Crippen molar-refractivity contribution < 1.29 is 0 Å². The van der Waals surface area contributed by atoms with Crippen LogP contribution in [-0.2, 0) is 6.42 Å². The summed E-state index contributed by atoms with van der Waals surface area (Å²) in [6, 6.07) is 0.681. The molecule has 1 aliphatic heterocycles. The molecule has 0 saturated carbocycles. The van der Waals surface area contributed by atoms with Gasteiger partial charge in [-0.15, -0.1) is 0 Å². The van der Waals surface area contributed by atoms with Gasteiger partial charge in [-0.3, -0.25) is 0 Å². The third kappa shape index (κ3) is 1.98. The third-order valence-electron chi connectivity index (χ3n) is 2.92. The molecule has 2 rings (SSSR count). The average molecular weight is 193 g/mol. The zero-order chi connectivity index (χ0) is 9.80. The molecule has 0 bridgehead atoms. The minimum atomic E-state index is 0.681. The van der Waals surface area contributed by atoms with E-state index in [9.17, 15) is 0 Å². The number of aryl methyl sites for hydroxylation is 1. The van der Waals surface area contributed by atoms with Gasteiger partial charge >= 0.3 is 0 Å². The van der Waals surface area contributed by atoms with E-state index in [1.54, 1.807) is 0 Å². The quantitative estimate of drug-likeness (QED) is 0.792. The molecule has 78 valence electrons. The van der Waals surface area contributed by atoms with Crippen LogP contribution in [0, 0.1) is 0 Å². The van der Waals surface area contributed by atoms with E-state index >= 15 is 0 Å². The Labute approximate surface area is 85.5 Å². The van der Waals surface area contributed by atoms with Gasteiger partial charge in [-0.1, -0.05) is 6.92 Å². The first-order valence-corrected chi connectivity index (χ1v) is 5.64. The number of rotatable bonds is 3. The average Bonchev–Trinajstić information content (AvgIpc) is 2.68. The molecular weight excluding hydrogens is 174 g/mol.